The van der Waals surface area contributed by atoms with Gasteiger partial charge in [-0.1, -0.05) is 12.1 Å². The molecule has 0 saturated carbocycles. The molecule has 0 aliphatic rings. The van der Waals surface area contributed by atoms with Gasteiger partial charge in [0.2, 0.25) is 0 Å². The van der Waals surface area contributed by atoms with E-state index < -0.39 is 5.97 Å². The van der Waals surface area contributed by atoms with Gasteiger partial charge >= 0.3 is 5.97 Å². The molecule has 8 nitrogen and oxygen atoms in total. The number of rotatable bonds is 11. The van der Waals surface area contributed by atoms with E-state index in [0.29, 0.717) is 51.7 Å². The van der Waals surface area contributed by atoms with Gasteiger partial charge in [-0.05, 0) is 6.42 Å². The SMILES string of the molecule is CCc1c(C(=O)O)nnn1CCOCCOCCOC. The summed E-state index contributed by atoms with van der Waals surface area (Å²) in [7, 11) is 1.62. The Morgan fingerprint density at radius 2 is 1.85 bits per heavy atom. The maximum Gasteiger partial charge on any atom is 0.358 e. The van der Waals surface area contributed by atoms with Crippen LogP contribution in [0.4, 0.5) is 0 Å². The number of methoxy groups -OCH3 is 1. The highest BCUT2D eigenvalue weighted by Crippen LogP contribution is 2.06. The van der Waals surface area contributed by atoms with Gasteiger partial charge < -0.3 is 19.3 Å². The van der Waals surface area contributed by atoms with E-state index in [2.05, 4.69) is 10.3 Å². The quantitative estimate of drug-likeness (QED) is 0.581. The van der Waals surface area contributed by atoms with Crippen LogP contribution in [0.15, 0.2) is 0 Å². The van der Waals surface area contributed by atoms with Gasteiger partial charge in [-0.15, -0.1) is 5.10 Å². The smallest absolute Gasteiger partial charge is 0.358 e. The van der Waals surface area contributed by atoms with Crippen molar-refractivity contribution >= 4 is 5.97 Å². The number of hydrogen-bond donors (Lipinski definition) is 1. The lowest BCUT2D eigenvalue weighted by molar-refractivity contribution is 0.0223. The van der Waals surface area contributed by atoms with Crippen LogP contribution in [-0.4, -0.2) is 66.2 Å². The van der Waals surface area contributed by atoms with Crippen molar-refractivity contribution in [2.45, 2.75) is 19.9 Å². The third-order valence-electron chi connectivity index (χ3n) is 2.63. The Morgan fingerprint density at radius 3 is 2.45 bits per heavy atom. The molecule has 0 aliphatic heterocycles. The Morgan fingerprint density at radius 1 is 1.20 bits per heavy atom. The van der Waals surface area contributed by atoms with Crippen LogP contribution in [0.2, 0.25) is 0 Å². The molecule has 0 fully saturated rings. The second kappa shape index (κ2) is 9.40. The summed E-state index contributed by atoms with van der Waals surface area (Å²) in [6, 6.07) is 0. The van der Waals surface area contributed by atoms with Crippen molar-refractivity contribution < 1.29 is 24.1 Å². The van der Waals surface area contributed by atoms with E-state index >= 15 is 0 Å². The van der Waals surface area contributed by atoms with Crippen molar-refractivity contribution in [3.8, 4) is 0 Å². The van der Waals surface area contributed by atoms with Crippen LogP contribution in [-0.2, 0) is 27.2 Å². The van der Waals surface area contributed by atoms with E-state index in [0.717, 1.165) is 0 Å². The van der Waals surface area contributed by atoms with Crippen molar-refractivity contribution in [2.75, 3.05) is 40.1 Å². The van der Waals surface area contributed by atoms with E-state index in [4.69, 9.17) is 19.3 Å². The van der Waals surface area contributed by atoms with Crippen molar-refractivity contribution in [2.24, 2.45) is 0 Å². The molecule has 8 heteroatoms. The van der Waals surface area contributed by atoms with Crippen LogP contribution in [0, 0.1) is 0 Å². The molecular weight excluding hydrogens is 266 g/mol. The Balaban J connectivity index is 2.23. The lowest BCUT2D eigenvalue weighted by atomic mass is 10.2. The largest absolute Gasteiger partial charge is 0.476 e. The average Bonchev–Trinajstić information content (AvgIpc) is 2.85. The van der Waals surface area contributed by atoms with Gasteiger partial charge in [-0.3, -0.25) is 0 Å². The summed E-state index contributed by atoms with van der Waals surface area (Å²) in [6.45, 7) is 4.87. The van der Waals surface area contributed by atoms with Gasteiger partial charge in [0.15, 0.2) is 5.69 Å². The molecule has 0 atom stereocenters. The zero-order chi connectivity index (χ0) is 14.8. The van der Waals surface area contributed by atoms with Crippen LogP contribution in [0.1, 0.15) is 23.1 Å². The van der Waals surface area contributed by atoms with Crippen LogP contribution in [0.3, 0.4) is 0 Å². The minimum absolute atomic E-state index is 0.00963. The number of carbonyl (C=O) groups is 1. The van der Waals surface area contributed by atoms with Gasteiger partial charge in [0.1, 0.15) is 0 Å². The molecule has 114 valence electrons. The number of carboxylic acid groups (broad SMARTS) is 1. The Hall–Kier alpha value is -1.51. The van der Waals surface area contributed by atoms with Crippen LogP contribution >= 0.6 is 0 Å². The predicted molar refractivity (Wildman–Crippen MR) is 69.9 cm³/mol. The maximum absolute atomic E-state index is 10.9. The normalized spacial score (nSPS) is 10.9. The van der Waals surface area contributed by atoms with Gasteiger partial charge in [-0.2, -0.15) is 0 Å². The Labute approximate surface area is 117 Å². The molecule has 0 aromatic carbocycles. The van der Waals surface area contributed by atoms with E-state index in [-0.39, 0.29) is 5.69 Å². The first kappa shape index (κ1) is 16.5. The highest BCUT2D eigenvalue weighted by atomic mass is 16.5. The number of aromatic carboxylic acids is 1. The summed E-state index contributed by atoms with van der Waals surface area (Å²) in [5.74, 6) is -1.06. The number of nitrogens with zero attached hydrogens (tertiary/aromatic N) is 3. The third kappa shape index (κ3) is 5.24. The Bertz CT molecular complexity index is 408. The highest BCUT2D eigenvalue weighted by molar-refractivity contribution is 5.86. The van der Waals surface area contributed by atoms with Crippen molar-refractivity contribution in [3.63, 3.8) is 0 Å². The molecule has 0 bridgehead atoms. The lowest BCUT2D eigenvalue weighted by Crippen LogP contribution is -2.14. The molecule has 1 aromatic rings. The molecule has 1 heterocycles. The van der Waals surface area contributed by atoms with Crippen LogP contribution in [0.5, 0.6) is 0 Å². The second-order valence-corrected chi connectivity index (χ2v) is 3.98. The topological polar surface area (TPSA) is 95.7 Å². The van der Waals surface area contributed by atoms with Crippen LogP contribution in [0.25, 0.3) is 0 Å². The summed E-state index contributed by atoms with van der Waals surface area (Å²) in [6.07, 6.45) is 0.564. The fourth-order valence-corrected chi connectivity index (χ4v) is 1.64. The van der Waals surface area contributed by atoms with Gasteiger partial charge in [-0.25, -0.2) is 9.48 Å². The summed E-state index contributed by atoms with van der Waals surface area (Å²) in [5.41, 5.74) is 0.618. The molecule has 0 aliphatic carbocycles. The fourth-order valence-electron chi connectivity index (χ4n) is 1.64. The zero-order valence-corrected chi connectivity index (χ0v) is 11.9. The highest BCUT2D eigenvalue weighted by Gasteiger charge is 2.16. The molecular formula is C12H21N3O5. The molecule has 0 radical (unpaired) electrons. The minimum Gasteiger partial charge on any atom is -0.476 e. The van der Waals surface area contributed by atoms with Crippen molar-refractivity contribution in [1.82, 2.24) is 15.0 Å². The second-order valence-electron chi connectivity index (χ2n) is 3.98. The average molecular weight is 287 g/mol. The first-order valence-corrected chi connectivity index (χ1v) is 6.50. The standard InChI is InChI=1S/C12H21N3O5/c1-3-10-11(12(16)17)13-14-15(10)4-5-19-8-9-20-7-6-18-2/h3-9H2,1-2H3,(H,16,17). The van der Waals surface area contributed by atoms with E-state index in [1.165, 1.54) is 0 Å². The minimum atomic E-state index is -1.06. The first-order chi connectivity index (χ1) is 9.70. The van der Waals surface area contributed by atoms with Crippen LogP contribution < -0.4 is 0 Å². The first-order valence-electron chi connectivity index (χ1n) is 6.50. The molecule has 0 saturated heterocycles. The number of ether oxygens (including phenoxy) is 3. The van der Waals surface area contributed by atoms with E-state index in [1.807, 2.05) is 6.92 Å². The van der Waals surface area contributed by atoms with Crippen molar-refractivity contribution in [3.05, 3.63) is 11.4 Å². The molecule has 1 aromatic heterocycles. The fraction of sp³-hybridized carbons (Fsp3) is 0.750. The number of carboxylic acids is 1. The van der Waals surface area contributed by atoms with Gasteiger partial charge in [0.25, 0.3) is 0 Å². The molecule has 1 rings (SSSR count). The zero-order valence-electron chi connectivity index (χ0n) is 11.9. The summed E-state index contributed by atoms with van der Waals surface area (Å²) < 4.78 is 17.0. The van der Waals surface area contributed by atoms with Gasteiger partial charge in [0, 0.05) is 7.11 Å². The lowest BCUT2D eigenvalue weighted by Gasteiger charge is -2.07. The molecule has 0 unspecified atom stereocenters. The maximum atomic E-state index is 10.9. The summed E-state index contributed by atoms with van der Waals surface area (Å²) >= 11 is 0. The van der Waals surface area contributed by atoms with Gasteiger partial charge in [0.05, 0.1) is 45.3 Å². The number of aromatic nitrogens is 3. The summed E-state index contributed by atoms with van der Waals surface area (Å²) in [5, 5.41) is 16.4. The molecule has 0 amide bonds. The molecule has 1 N–H and O–H groups in total. The predicted octanol–water partition coefficient (Wildman–Crippen LogP) is 0.218. The summed E-state index contributed by atoms with van der Waals surface area (Å²) in [4.78, 5) is 10.9. The molecule has 0 spiro atoms. The van der Waals surface area contributed by atoms with E-state index in [9.17, 15) is 4.79 Å². The number of hydrogen-bond acceptors (Lipinski definition) is 6. The van der Waals surface area contributed by atoms with Crippen molar-refractivity contribution in [1.29, 1.82) is 0 Å². The third-order valence-corrected chi connectivity index (χ3v) is 2.63. The Kier molecular flexibility index (Phi) is 7.78. The van der Waals surface area contributed by atoms with E-state index in [1.54, 1.807) is 11.8 Å². The monoisotopic (exact) mass is 287 g/mol. The molecule has 20 heavy (non-hydrogen) atoms.